The molecule has 0 amide bonds. The van der Waals surface area contributed by atoms with Crippen molar-refractivity contribution in [3.05, 3.63) is 27.5 Å². The zero-order chi connectivity index (χ0) is 11.6. The molecule has 1 rings (SSSR count). The Morgan fingerprint density at radius 1 is 1.67 bits per heavy atom. The summed E-state index contributed by atoms with van der Waals surface area (Å²) in [7, 11) is 0. The zero-order valence-corrected chi connectivity index (χ0v) is 9.52. The Kier molecular flexibility index (Phi) is 3.98. The first-order valence-corrected chi connectivity index (χ1v) is 5.06. The summed E-state index contributed by atoms with van der Waals surface area (Å²) in [4.78, 5) is 14.2. The second kappa shape index (κ2) is 4.85. The molecule has 0 aliphatic heterocycles. The van der Waals surface area contributed by atoms with Crippen LogP contribution in [0.4, 0.5) is 8.78 Å². The van der Waals surface area contributed by atoms with Gasteiger partial charge in [0.25, 0.3) is 6.43 Å². The lowest BCUT2D eigenvalue weighted by atomic mass is 10.1. The van der Waals surface area contributed by atoms with E-state index in [1.54, 1.807) is 0 Å². The van der Waals surface area contributed by atoms with Gasteiger partial charge in [-0.25, -0.2) is 18.6 Å². The van der Waals surface area contributed by atoms with E-state index in [0.29, 0.717) is 0 Å². The van der Waals surface area contributed by atoms with Gasteiger partial charge in [0.1, 0.15) is 10.3 Å². The van der Waals surface area contributed by atoms with E-state index in [1.807, 2.05) is 0 Å². The molecule has 0 aromatic carbocycles. The predicted molar refractivity (Wildman–Crippen MR) is 53.4 cm³/mol. The van der Waals surface area contributed by atoms with Gasteiger partial charge in [-0.1, -0.05) is 0 Å². The summed E-state index contributed by atoms with van der Waals surface area (Å²) in [6.45, 7) is 0. The number of carboxylic acids is 1. The summed E-state index contributed by atoms with van der Waals surface area (Å²) in [5, 5.41) is 8.77. The molecule has 0 aliphatic rings. The molecule has 0 spiro atoms. The van der Waals surface area contributed by atoms with Crippen LogP contribution in [0.1, 0.15) is 28.0 Å². The van der Waals surface area contributed by atoms with Crippen molar-refractivity contribution in [1.29, 1.82) is 0 Å². The van der Waals surface area contributed by atoms with Crippen LogP contribution in [0.2, 0.25) is 0 Å². The average Bonchev–Trinajstić information content (AvgIpc) is 2.15. The average molecular weight is 300 g/mol. The highest BCUT2D eigenvalue weighted by atomic mass is 79.9. The molecule has 1 aromatic rings. The number of nitrogens with zero attached hydrogens (tertiary/aromatic N) is 1. The topological polar surface area (TPSA) is 50.2 Å². The quantitative estimate of drug-likeness (QED) is 0.689. The maximum absolute atomic E-state index is 12.5. The fourth-order valence-electron chi connectivity index (χ4n) is 1.09. The Bertz CT molecular complexity index is 400. The zero-order valence-electron chi connectivity index (χ0n) is 7.18. The molecule has 3 nitrogen and oxygen atoms in total. The van der Waals surface area contributed by atoms with Gasteiger partial charge < -0.3 is 5.11 Å². The number of hydrogen-bond donors (Lipinski definition) is 1. The number of carbonyl (C=O) groups is 1. The van der Waals surface area contributed by atoms with Gasteiger partial charge in [-0.05, 0) is 27.6 Å². The molecule has 82 valence electrons. The third kappa shape index (κ3) is 2.63. The summed E-state index contributed by atoms with van der Waals surface area (Å²) >= 11 is 8.38. The molecule has 0 atom stereocenters. The summed E-state index contributed by atoms with van der Waals surface area (Å²) in [5.41, 5.74) is -1.18. The third-order valence-electron chi connectivity index (χ3n) is 1.66. The lowest BCUT2D eigenvalue weighted by Crippen LogP contribution is -2.09. The number of pyridine rings is 1. The van der Waals surface area contributed by atoms with E-state index in [0.717, 1.165) is 0 Å². The van der Waals surface area contributed by atoms with Gasteiger partial charge in [0.2, 0.25) is 0 Å². The Morgan fingerprint density at radius 3 is 2.67 bits per heavy atom. The first-order valence-electron chi connectivity index (χ1n) is 3.74. The molecular weight excluding hydrogens is 295 g/mol. The number of aromatic nitrogens is 1. The van der Waals surface area contributed by atoms with Crippen LogP contribution in [0.25, 0.3) is 0 Å². The van der Waals surface area contributed by atoms with Crippen LogP contribution < -0.4 is 0 Å². The maximum Gasteiger partial charge on any atom is 0.338 e. The molecule has 7 heteroatoms. The van der Waals surface area contributed by atoms with Gasteiger partial charge >= 0.3 is 5.97 Å². The van der Waals surface area contributed by atoms with E-state index >= 15 is 0 Å². The summed E-state index contributed by atoms with van der Waals surface area (Å²) in [6, 6.07) is 1.31. The highest BCUT2D eigenvalue weighted by Gasteiger charge is 2.23. The highest BCUT2D eigenvalue weighted by Crippen LogP contribution is 2.27. The van der Waals surface area contributed by atoms with Crippen LogP contribution in [0.5, 0.6) is 0 Å². The van der Waals surface area contributed by atoms with E-state index in [-0.39, 0.29) is 16.0 Å². The van der Waals surface area contributed by atoms with Gasteiger partial charge in [-0.2, -0.15) is 0 Å². The first-order chi connectivity index (χ1) is 6.97. The summed E-state index contributed by atoms with van der Waals surface area (Å²) in [6.07, 6.45) is -2.95. The molecular formula is C8H5BrClF2NO2. The molecule has 0 radical (unpaired) electrons. The largest absolute Gasteiger partial charge is 0.478 e. The number of hydrogen-bond acceptors (Lipinski definition) is 2. The fraction of sp³-hybridized carbons (Fsp3) is 0.250. The molecule has 0 saturated carbocycles. The Balaban J connectivity index is 3.47. The predicted octanol–water partition coefficient (Wildman–Crippen LogP) is 3.22. The van der Waals surface area contributed by atoms with Crippen LogP contribution in [0.15, 0.2) is 10.7 Å². The van der Waals surface area contributed by atoms with Crippen LogP contribution in [-0.4, -0.2) is 16.1 Å². The van der Waals surface area contributed by atoms with E-state index in [4.69, 9.17) is 16.7 Å². The molecule has 1 heterocycles. The smallest absolute Gasteiger partial charge is 0.338 e. The molecule has 1 aromatic heterocycles. The van der Waals surface area contributed by atoms with Crippen molar-refractivity contribution in [3.8, 4) is 0 Å². The van der Waals surface area contributed by atoms with Gasteiger partial charge in [-0.15, -0.1) is 11.6 Å². The van der Waals surface area contributed by atoms with E-state index in [9.17, 15) is 13.6 Å². The molecule has 15 heavy (non-hydrogen) atoms. The molecule has 0 saturated heterocycles. The first kappa shape index (κ1) is 12.3. The van der Waals surface area contributed by atoms with Gasteiger partial charge in [-0.3, -0.25) is 0 Å². The fourth-order valence-corrected chi connectivity index (χ4v) is 1.77. The normalized spacial score (nSPS) is 10.7. The number of rotatable bonds is 3. The third-order valence-corrected chi connectivity index (χ3v) is 2.36. The number of aromatic carboxylic acids is 1. The number of carboxylic acid groups (broad SMARTS) is 1. The lowest BCUT2D eigenvalue weighted by molar-refractivity contribution is 0.0681. The monoisotopic (exact) mass is 299 g/mol. The molecule has 1 N–H and O–H groups in total. The van der Waals surface area contributed by atoms with E-state index in [1.165, 1.54) is 6.07 Å². The Hall–Kier alpha value is -0.750. The van der Waals surface area contributed by atoms with Gasteiger partial charge in [0, 0.05) is 5.88 Å². The minimum Gasteiger partial charge on any atom is -0.478 e. The van der Waals surface area contributed by atoms with Crippen molar-refractivity contribution in [2.75, 3.05) is 0 Å². The SMILES string of the molecule is O=C(O)c1c(CCl)cc(Br)nc1C(F)F. The van der Waals surface area contributed by atoms with Crippen molar-refractivity contribution < 1.29 is 18.7 Å². The summed E-state index contributed by atoms with van der Waals surface area (Å²) in [5.74, 6) is -1.62. The maximum atomic E-state index is 12.5. The number of alkyl halides is 3. The standard InChI is InChI=1S/C8H5BrClF2NO2/c9-4-1-3(2-10)5(8(14)15)6(13-4)7(11)12/h1,7H,2H2,(H,14,15). The summed E-state index contributed by atoms with van der Waals surface area (Å²) < 4.78 is 25.1. The molecule has 0 bridgehead atoms. The van der Waals surface area contributed by atoms with Crippen molar-refractivity contribution in [2.45, 2.75) is 12.3 Å². The van der Waals surface area contributed by atoms with Crippen LogP contribution in [0.3, 0.4) is 0 Å². The van der Waals surface area contributed by atoms with Crippen LogP contribution in [-0.2, 0) is 5.88 Å². The highest BCUT2D eigenvalue weighted by molar-refractivity contribution is 9.10. The Morgan fingerprint density at radius 2 is 2.27 bits per heavy atom. The second-order valence-electron chi connectivity index (χ2n) is 2.60. The van der Waals surface area contributed by atoms with Crippen molar-refractivity contribution in [1.82, 2.24) is 4.98 Å². The van der Waals surface area contributed by atoms with Gasteiger partial charge in [0.15, 0.2) is 0 Å². The minimum absolute atomic E-state index is 0.112. The Labute approximate surface area is 97.2 Å². The second-order valence-corrected chi connectivity index (χ2v) is 3.68. The van der Waals surface area contributed by atoms with Crippen molar-refractivity contribution in [3.63, 3.8) is 0 Å². The van der Waals surface area contributed by atoms with Crippen molar-refractivity contribution in [2.24, 2.45) is 0 Å². The molecule has 0 aliphatic carbocycles. The van der Waals surface area contributed by atoms with E-state index < -0.39 is 23.7 Å². The minimum atomic E-state index is -2.95. The lowest BCUT2D eigenvalue weighted by Gasteiger charge is -2.08. The van der Waals surface area contributed by atoms with Crippen LogP contribution >= 0.6 is 27.5 Å². The van der Waals surface area contributed by atoms with Crippen LogP contribution in [0, 0.1) is 0 Å². The van der Waals surface area contributed by atoms with Crippen molar-refractivity contribution >= 4 is 33.5 Å². The molecule has 0 fully saturated rings. The number of halogens is 4. The van der Waals surface area contributed by atoms with Gasteiger partial charge in [0.05, 0.1) is 5.56 Å². The van der Waals surface area contributed by atoms with E-state index in [2.05, 4.69) is 20.9 Å². The molecule has 0 unspecified atom stereocenters.